The SMILES string of the molecule is COc1cc(OC)c2c(c1)O[C@@]1(c3ccc4c(c3)C(=O)OC4=O)[C@H](c3ccccc3)[C@@H](C(=O)N(C)OC)[C@@H](O)[C@@]21O. The van der Waals surface area contributed by atoms with Crippen molar-refractivity contribution in [3.8, 4) is 17.2 Å². The number of aliphatic hydroxyl groups excluding tert-OH is 1. The number of benzene rings is 3. The Labute approximate surface area is 234 Å². The van der Waals surface area contributed by atoms with E-state index in [-0.39, 0.29) is 33.8 Å². The lowest BCUT2D eigenvalue weighted by atomic mass is 9.70. The van der Waals surface area contributed by atoms with Crippen molar-refractivity contribution in [3.05, 3.63) is 88.5 Å². The minimum atomic E-state index is -2.31. The number of hydrogen-bond donors (Lipinski definition) is 2. The number of rotatable bonds is 6. The van der Waals surface area contributed by atoms with Gasteiger partial charge < -0.3 is 29.2 Å². The number of hydroxylamine groups is 2. The first-order valence-corrected chi connectivity index (χ1v) is 12.8. The van der Waals surface area contributed by atoms with Crippen LogP contribution >= 0.6 is 0 Å². The molecule has 3 aromatic carbocycles. The summed E-state index contributed by atoms with van der Waals surface area (Å²) in [5.41, 5.74) is -3.31. The summed E-state index contributed by atoms with van der Waals surface area (Å²) in [4.78, 5) is 43.9. The number of esters is 2. The van der Waals surface area contributed by atoms with Crippen LogP contribution in [0, 0.1) is 5.92 Å². The van der Waals surface area contributed by atoms with Crippen LogP contribution in [0.4, 0.5) is 0 Å². The van der Waals surface area contributed by atoms with E-state index in [1.807, 2.05) is 0 Å². The summed E-state index contributed by atoms with van der Waals surface area (Å²) in [5, 5.41) is 26.0. The van der Waals surface area contributed by atoms with Crippen molar-refractivity contribution in [2.75, 3.05) is 28.4 Å². The van der Waals surface area contributed by atoms with E-state index in [4.69, 9.17) is 23.8 Å². The third-order valence-electron chi connectivity index (χ3n) is 8.38. The fraction of sp³-hybridized carbons (Fsp3) is 0.300. The maximum Gasteiger partial charge on any atom is 0.346 e. The maximum absolute atomic E-state index is 13.9. The summed E-state index contributed by atoms with van der Waals surface area (Å²) in [7, 11) is 5.57. The third-order valence-corrected chi connectivity index (χ3v) is 8.38. The zero-order valence-electron chi connectivity index (χ0n) is 22.6. The minimum Gasteiger partial charge on any atom is -0.496 e. The van der Waals surface area contributed by atoms with Gasteiger partial charge >= 0.3 is 11.9 Å². The van der Waals surface area contributed by atoms with E-state index in [1.54, 1.807) is 36.4 Å². The quantitative estimate of drug-likeness (QED) is 0.262. The highest BCUT2D eigenvalue weighted by molar-refractivity contribution is 6.14. The molecule has 3 aliphatic rings. The first-order valence-electron chi connectivity index (χ1n) is 12.8. The van der Waals surface area contributed by atoms with Gasteiger partial charge in [0.25, 0.3) is 5.91 Å². The fourth-order valence-electron chi connectivity index (χ4n) is 6.56. The fourth-order valence-corrected chi connectivity index (χ4v) is 6.56. The minimum absolute atomic E-state index is 0.0292. The molecule has 0 aromatic heterocycles. The van der Waals surface area contributed by atoms with Crippen LogP contribution in [0.15, 0.2) is 60.7 Å². The molecule has 41 heavy (non-hydrogen) atoms. The molecule has 0 spiro atoms. The number of carbonyl (C=O) groups excluding carboxylic acids is 3. The Kier molecular flexibility index (Phi) is 6.07. The average Bonchev–Trinajstić information content (AvgIpc) is 3.51. The summed E-state index contributed by atoms with van der Waals surface area (Å²) >= 11 is 0. The van der Waals surface area contributed by atoms with Gasteiger partial charge in [-0.1, -0.05) is 36.4 Å². The van der Waals surface area contributed by atoms with Gasteiger partial charge in [0.05, 0.1) is 43.9 Å². The molecule has 1 aliphatic carbocycles. The Hall–Kier alpha value is -4.45. The second-order valence-electron chi connectivity index (χ2n) is 10.1. The Balaban J connectivity index is 1.72. The van der Waals surface area contributed by atoms with E-state index in [0.29, 0.717) is 11.3 Å². The van der Waals surface area contributed by atoms with Gasteiger partial charge in [0, 0.05) is 30.7 Å². The summed E-state index contributed by atoms with van der Waals surface area (Å²) < 4.78 is 22.6. The Bertz CT molecular complexity index is 1590. The lowest BCUT2D eigenvalue weighted by Crippen LogP contribution is -2.52. The van der Waals surface area contributed by atoms with Gasteiger partial charge in [0.15, 0.2) is 11.2 Å². The number of hydrogen-bond acceptors (Lipinski definition) is 10. The molecule has 2 aliphatic heterocycles. The predicted molar refractivity (Wildman–Crippen MR) is 140 cm³/mol. The molecule has 5 atom stereocenters. The Morgan fingerprint density at radius 3 is 2.32 bits per heavy atom. The lowest BCUT2D eigenvalue weighted by Gasteiger charge is -2.41. The van der Waals surface area contributed by atoms with Crippen molar-refractivity contribution in [1.29, 1.82) is 0 Å². The number of cyclic esters (lactones) is 2. The molecule has 11 nitrogen and oxygen atoms in total. The van der Waals surface area contributed by atoms with E-state index in [1.165, 1.54) is 52.6 Å². The van der Waals surface area contributed by atoms with E-state index in [2.05, 4.69) is 0 Å². The number of aliphatic hydroxyl groups is 2. The Morgan fingerprint density at radius 1 is 0.951 bits per heavy atom. The molecule has 0 radical (unpaired) electrons. The number of amides is 1. The van der Waals surface area contributed by atoms with Crippen molar-refractivity contribution in [3.63, 3.8) is 0 Å². The standard InChI is InChI=1S/C30H27NO10/c1-31(39-4)26(33)22-23(15-8-6-5-7-9-15)30(16-10-11-18-19(12-16)28(35)40-27(18)34)29(36,25(22)32)24-20(38-3)13-17(37-2)14-21(24)41-30/h5-14,22-23,25,32,36H,1-4H3/t22-,23-,25-,29+,30+/m1/s1. The molecule has 0 unspecified atom stereocenters. The van der Waals surface area contributed by atoms with Crippen molar-refractivity contribution < 1.29 is 48.4 Å². The molecule has 2 N–H and O–H groups in total. The highest BCUT2D eigenvalue weighted by Crippen LogP contribution is 2.70. The lowest BCUT2D eigenvalue weighted by molar-refractivity contribution is -0.181. The normalized spacial score (nSPS) is 27.4. The van der Waals surface area contributed by atoms with E-state index < -0.39 is 47.0 Å². The summed E-state index contributed by atoms with van der Waals surface area (Å²) in [6, 6.07) is 16.2. The van der Waals surface area contributed by atoms with Crippen LogP contribution < -0.4 is 14.2 Å². The van der Waals surface area contributed by atoms with Gasteiger partial charge in [-0.25, -0.2) is 14.7 Å². The van der Waals surface area contributed by atoms with Crippen molar-refractivity contribution >= 4 is 17.8 Å². The highest BCUT2D eigenvalue weighted by Gasteiger charge is 2.78. The molecule has 2 heterocycles. The second-order valence-corrected chi connectivity index (χ2v) is 10.1. The zero-order chi connectivity index (χ0) is 29.3. The van der Waals surface area contributed by atoms with Gasteiger partial charge in [-0.2, -0.15) is 0 Å². The second kappa shape index (κ2) is 9.30. The van der Waals surface area contributed by atoms with E-state index >= 15 is 0 Å². The number of methoxy groups -OCH3 is 2. The molecule has 3 aromatic rings. The van der Waals surface area contributed by atoms with Crippen molar-refractivity contribution in [1.82, 2.24) is 5.06 Å². The number of carbonyl (C=O) groups is 3. The molecule has 0 bridgehead atoms. The molecular weight excluding hydrogens is 534 g/mol. The maximum atomic E-state index is 13.9. The molecule has 1 fully saturated rings. The first-order chi connectivity index (χ1) is 19.6. The van der Waals surface area contributed by atoms with Crippen molar-refractivity contribution in [2.24, 2.45) is 5.92 Å². The van der Waals surface area contributed by atoms with Gasteiger partial charge in [-0.15, -0.1) is 0 Å². The smallest absolute Gasteiger partial charge is 0.346 e. The highest BCUT2D eigenvalue weighted by atomic mass is 16.7. The average molecular weight is 562 g/mol. The van der Waals surface area contributed by atoms with Crippen LogP contribution in [0.25, 0.3) is 0 Å². The van der Waals surface area contributed by atoms with Gasteiger partial charge in [-0.3, -0.25) is 9.63 Å². The summed E-state index contributed by atoms with van der Waals surface area (Å²) in [5.74, 6) is -3.95. The third kappa shape index (κ3) is 3.40. The molecule has 212 valence electrons. The van der Waals surface area contributed by atoms with Crippen LogP contribution in [0.3, 0.4) is 0 Å². The molecule has 6 rings (SSSR count). The summed E-state index contributed by atoms with van der Waals surface area (Å²) in [6.07, 6.45) is -1.76. The summed E-state index contributed by atoms with van der Waals surface area (Å²) in [6.45, 7) is 0. The number of ether oxygens (including phenoxy) is 4. The zero-order valence-corrected chi connectivity index (χ0v) is 22.6. The molecule has 1 saturated carbocycles. The monoisotopic (exact) mass is 561 g/mol. The number of nitrogens with zero attached hydrogens (tertiary/aromatic N) is 1. The van der Waals surface area contributed by atoms with Gasteiger partial charge in [-0.05, 0) is 17.7 Å². The first kappa shape index (κ1) is 26.8. The van der Waals surface area contributed by atoms with Crippen LogP contribution in [0.2, 0.25) is 0 Å². The van der Waals surface area contributed by atoms with Gasteiger partial charge in [0.1, 0.15) is 23.4 Å². The van der Waals surface area contributed by atoms with E-state index in [9.17, 15) is 24.6 Å². The Morgan fingerprint density at radius 2 is 1.66 bits per heavy atom. The van der Waals surface area contributed by atoms with Crippen LogP contribution in [-0.4, -0.2) is 67.6 Å². The van der Waals surface area contributed by atoms with Crippen molar-refractivity contribution in [2.45, 2.75) is 23.2 Å². The molecule has 11 heteroatoms. The van der Waals surface area contributed by atoms with Gasteiger partial charge in [0.2, 0.25) is 0 Å². The van der Waals surface area contributed by atoms with Crippen LogP contribution in [0.5, 0.6) is 17.2 Å². The van der Waals surface area contributed by atoms with E-state index in [0.717, 1.165) is 5.06 Å². The molecule has 1 amide bonds. The van der Waals surface area contributed by atoms with Crippen LogP contribution in [-0.2, 0) is 25.6 Å². The van der Waals surface area contributed by atoms with Crippen LogP contribution in [0.1, 0.15) is 43.3 Å². The molecular formula is C30H27NO10. The predicted octanol–water partition coefficient (Wildman–Crippen LogP) is 2.28. The topological polar surface area (TPSA) is 141 Å². The largest absolute Gasteiger partial charge is 0.496 e. The number of fused-ring (bicyclic) bond motifs is 4. The molecule has 0 saturated heterocycles.